The monoisotopic (exact) mass is 224 g/mol. The minimum absolute atomic E-state index is 0.256. The largest absolute Gasteiger partial charge is 0.493 e. The van der Waals surface area contributed by atoms with Crippen LogP contribution in [0.15, 0.2) is 12.1 Å². The zero-order chi connectivity index (χ0) is 12.1. The van der Waals surface area contributed by atoms with Gasteiger partial charge >= 0.3 is 0 Å². The van der Waals surface area contributed by atoms with Gasteiger partial charge in [0, 0.05) is 6.42 Å². The third-order valence-electron chi connectivity index (χ3n) is 2.55. The third kappa shape index (κ3) is 2.81. The van der Waals surface area contributed by atoms with E-state index in [1.165, 1.54) is 13.2 Å². The number of methoxy groups -OCH3 is 1. The van der Waals surface area contributed by atoms with Crippen LogP contribution in [0.4, 0.5) is 4.39 Å². The first-order valence-electron chi connectivity index (χ1n) is 5.40. The van der Waals surface area contributed by atoms with Gasteiger partial charge in [0.25, 0.3) is 0 Å². The Bertz CT molecular complexity index is 372. The molecule has 2 nitrogen and oxygen atoms in total. The van der Waals surface area contributed by atoms with Crippen molar-refractivity contribution in [3.8, 4) is 5.75 Å². The second-order valence-electron chi connectivity index (χ2n) is 4.06. The zero-order valence-corrected chi connectivity index (χ0v) is 9.92. The first kappa shape index (κ1) is 12.7. The van der Waals surface area contributed by atoms with Gasteiger partial charge in [-0.1, -0.05) is 19.9 Å². The molecule has 0 atom stereocenters. The van der Waals surface area contributed by atoms with E-state index in [-0.39, 0.29) is 17.5 Å². The number of benzene rings is 1. The average molecular weight is 224 g/mol. The fourth-order valence-electron chi connectivity index (χ4n) is 1.64. The van der Waals surface area contributed by atoms with Crippen LogP contribution < -0.4 is 4.74 Å². The predicted molar refractivity (Wildman–Crippen MR) is 61.4 cm³/mol. The van der Waals surface area contributed by atoms with Crippen LogP contribution in [0.5, 0.6) is 5.75 Å². The van der Waals surface area contributed by atoms with Crippen LogP contribution in [0.25, 0.3) is 0 Å². The summed E-state index contributed by atoms with van der Waals surface area (Å²) in [6.07, 6.45) is 1.74. The van der Waals surface area contributed by atoms with Gasteiger partial charge in [-0.25, -0.2) is 4.39 Å². The minimum Gasteiger partial charge on any atom is -0.493 e. The van der Waals surface area contributed by atoms with Crippen molar-refractivity contribution in [1.82, 2.24) is 0 Å². The van der Waals surface area contributed by atoms with Crippen LogP contribution in [-0.4, -0.2) is 13.4 Å². The highest BCUT2D eigenvalue weighted by molar-refractivity contribution is 5.51. The SMILES string of the molecule is COc1c(F)cc(C(C)C)cc1CCC=O. The molecule has 0 aromatic heterocycles. The van der Waals surface area contributed by atoms with E-state index < -0.39 is 0 Å². The number of ether oxygens (including phenoxy) is 1. The lowest BCUT2D eigenvalue weighted by molar-refractivity contribution is -0.107. The van der Waals surface area contributed by atoms with E-state index in [2.05, 4.69) is 0 Å². The number of hydrogen-bond donors (Lipinski definition) is 0. The van der Waals surface area contributed by atoms with Crippen molar-refractivity contribution < 1.29 is 13.9 Å². The lowest BCUT2D eigenvalue weighted by atomic mass is 9.98. The molecule has 0 saturated carbocycles. The second kappa shape index (κ2) is 5.64. The van der Waals surface area contributed by atoms with Gasteiger partial charge in [0.05, 0.1) is 7.11 Å². The number of carbonyl (C=O) groups is 1. The Hall–Kier alpha value is -1.38. The van der Waals surface area contributed by atoms with Crippen LogP contribution in [0.2, 0.25) is 0 Å². The topological polar surface area (TPSA) is 26.3 Å². The molecular formula is C13H17FO2. The molecule has 0 spiro atoms. The fraction of sp³-hybridized carbons (Fsp3) is 0.462. The molecule has 1 aromatic carbocycles. The number of carbonyl (C=O) groups excluding carboxylic acids is 1. The summed E-state index contributed by atoms with van der Waals surface area (Å²) in [6, 6.07) is 3.41. The van der Waals surface area contributed by atoms with E-state index >= 15 is 0 Å². The summed E-state index contributed by atoms with van der Waals surface area (Å²) < 4.78 is 18.7. The molecule has 0 amide bonds. The van der Waals surface area contributed by atoms with Crippen LogP contribution in [0.1, 0.15) is 37.3 Å². The normalized spacial score (nSPS) is 10.6. The molecule has 0 aliphatic rings. The predicted octanol–water partition coefficient (Wildman–Crippen LogP) is 3.09. The Labute approximate surface area is 95.4 Å². The molecule has 1 aromatic rings. The molecule has 3 heteroatoms. The number of aldehydes is 1. The Balaban J connectivity index is 3.13. The summed E-state index contributed by atoms with van der Waals surface area (Å²) in [5.74, 6) is 0.163. The van der Waals surface area contributed by atoms with Gasteiger partial charge in [0.15, 0.2) is 11.6 Å². The summed E-state index contributed by atoms with van der Waals surface area (Å²) in [6.45, 7) is 4.01. The highest BCUT2D eigenvalue weighted by atomic mass is 19.1. The van der Waals surface area contributed by atoms with E-state index in [4.69, 9.17) is 4.74 Å². The van der Waals surface area contributed by atoms with Crippen LogP contribution in [0.3, 0.4) is 0 Å². The molecule has 0 radical (unpaired) electrons. The van der Waals surface area contributed by atoms with E-state index in [1.807, 2.05) is 19.9 Å². The fourth-order valence-corrected chi connectivity index (χ4v) is 1.64. The molecular weight excluding hydrogens is 207 g/mol. The van der Waals surface area contributed by atoms with Gasteiger partial charge in [-0.3, -0.25) is 0 Å². The molecule has 1 rings (SSSR count). The highest BCUT2D eigenvalue weighted by Gasteiger charge is 2.12. The molecule has 0 saturated heterocycles. The number of hydrogen-bond acceptors (Lipinski definition) is 2. The summed E-state index contributed by atoms with van der Waals surface area (Å²) in [7, 11) is 1.44. The van der Waals surface area contributed by atoms with Crippen molar-refractivity contribution >= 4 is 6.29 Å². The van der Waals surface area contributed by atoms with E-state index in [1.54, 1.807) is 0 Å². The molecule has 0 N–H and O–H groups in total. The van der Waals surface area contributed by atoms with E-state index in [0.29, 0.717) is 12.8 Å². The number of rotatable bonds is 5. The summed E-state index contributed by atoms with van der Waals surface area (Å²) in [4.78, 5) is 10.3. The third-order valence-corrected chi connectivity index (χ3v) is 2.55. The van der Waals surface area contributed by atoms with Crippen LogP contribution >= 0.6 is 0 Å². The van der Waals surface area contributed by atoms with Crippen LogP contribution in [0, 0.1) is 5.82 Å². The smallest absolute Gasteiger partial charge is 0.165 e. The van der Waals surface area contributed by atoms with Crippen molar-refractivity contribution in [2.75, 3.05) is 7.11 Å². The van der Waals surface area contributed by atoms with E-state index in [0.717, 1.165) is 17.4 Å². The molecule has 0 bridgehead atoms. The lowest BCUT2D eigenvalue weighted by Gasteiger charge is -2.13. The van der Waals surface area contributed by atoms with Gasteiger partial charge in [0.2, 0.25) is 0 Å². The molecule has 0 aliphatic heterocycles. The maximum absolute atomic E-state index is 13.7. The van der Waals surface area contributed by atoms with Gasteiger partial charge in [-0.15, -0.1) is 0 Å². The lowest BCUT2D eigenvalue weighted by Crippen LogP contribution is -2.00. The van der Waals surface area contributed by atoms with E-state index in [9.17, 15) is 9.18 Å². The molecule has 0 unspecified atom stereocenters. The Morgan fingerprint density at radius 3 is 2.62 bits per heavy atom. The first-order chi connectivity index (χ1) is 7.60. The van der Waals surface area contributed by atoms with Gasteiger partial charge in [-0.2, -0.15) is 0 Å². The Morgan fingerprint density at radius 1 is 1.44 bits per heavy atom. The Morgan fingerprint density at radius 2 is 2.12 bits per heavy atom. The van der Waals surface area contributed by atoms with Crippen molar-refractivity contribution in [1.29, 1.82) is 0 Å². The van der Waals surface area contributed by atoms with Crippen LogP contribution in [-0.2, 0) is 11.2 Å². The minimum atomic E-state index is -0.352. The molecule has 0 heterocycles. The number of halogens is 1. The number of aryl methyl sites for hydroxylation is 1. The zero-order valence-electron chi connectivity index (χ0n) is 9.92. The average Bonchev–Trinajstić information content (AvgIpc) is 2.25. The van der Waals surface area contributed by atoms with Gasteiger partial charge in [-0.05, 0) is 29.5 Å². The summed E-state index contributed by atoms with van der Waals surface area (Å²) in [5, 5.41) is 0. The second-order valence-corrected chi connectivity index (χ2v) is 4.06. The maximum Gasteiger partial charge on any atom is 0.165 e. The van der Waals surface area contributed by atoms with Crippen molar-refractivity contribution in [3.05, 3.63) is 29.1 Å². The first-order valence-corrected chi connectivity index (χ1v) is 5.40. The summed E-state index contributed by atoms with van der Waals surface area (Å²) >= 11 is 0. The van der Waals surface area contributed by atoms with Crippen molar-refractivity contribution in [2.45, 2.75) is 32.6 Å². The molecule has 0 aliphatic carbocycles. The Kier molecular flexibility index (Phi) is 4.47. The van der Waals surface area contributed by atoms with Gasteiger partial charge in [0.1, 0.15) is 6.29 Å². The molecule has 0 fully saturated rings. The highest BCUT2D eigenvalue weighted by Crippen LogP contribution is 2.28. The standard InChI is InChI=1S/C13H17FO2/c1-9(2)11-7-10(5-4-6-15)13(16-3)12(14)8-11/h6-9H,4-5H2,1-3H3. The summed E-state index contributed by atoms with van der Waals surface area (Å²) in [5.41, 5.74) is 1.69. The maximum atomic E-state index is 13.7. The molecule has 16 heavy (non-hydrogen) atoms. The molecule has 88 valence electrons. The van der Waals surface area contributed by atoms with Crippen molar-refractivity contribution in [3.63, 3.8) is 0 Å². The van der Waals surface area contributed by atoms with Gasteiger partial charge < -0.3 is 9.53 Å². The quantitative estimate of drug-likeness (QED) is 0.718. The van der Waals surface area contributed by atoms with Crippen molar-refractivity contribution in [2.24, 2.45) is 0 Å².